The Morgan fingerprint density at radius 3 is 2.91 bits per heavy atom. The molecule has 0 saturated carbocycles. The van der Waals surface area contributed by atoms with E-state index >= 15 is 0 Å². The molecule has 1 aromatic heterocycles. The van der Waals surface area contributed by atoms with E-state index in [0.29, 0.717) is 5.95 Å². The SMILES string of the molecule is Nc1nc2c(c(N3CCC(N)C3)n1)CCSc1ccccc1-2. The van der Waals surface area contributed by atoms with E-state index in [1.54, 1.807) is 0 Å². The predicted octanol–water partition coefficient (Wildman–Crippen LogP) is 1.91. The van der Waals surface area contributed by atoms with Gasteiger partial charge in [-0.15, -0.1) is 11.8 Å². The van der Waals surface area contributed by atoms with Crippen molar-refractivity contribution >= 4 is 23.5 Å². The van der Waals surface area contributed by atoms with Crippen molar-refractivity contribution < 1.29 is 0 Å². The van der Waals surface area contributed by atoms with E-state index in [9.17, 15) is 0 Å². The Morgan fingerprint density at radius 1 is 1.23 bits per heavy atom. The number of rotatable bonds is 1. The first-order valence-corrected chi connectivity index (χ1v) is 8.60. The molecule has 1 atom stereocenters. The first-order chi connectivity index (χ1) is 10.7. The van der Waals surface area contributed by atoms with Crippen LogP contribution < -0.4 is 16.4 Å². The molecule has 2 aromatic rings. The summed E-state index contributed by atoms with van der Waals surface area (Å²) in [5.74, 6) is 2.35. The van der Waals surface area contributed by atoms with Crippen molar-refractivity contribution in [3.63, 3.8) is 0 Å². The second-order valence-corrected chi connectivity index (χ2v) is 6.96. The van der Waals surface area contributed by atoms with Crippen molar-refractivity contribution in [3.8, 4) is 11.3 Å². The van der Waals surface area contributed by atoms with Gasteiger partial charge in [-0.1, -0.05) is 18.2 Å². The lowest BCUT2D eigenvalue weighted by molar-refractivity contribution is 0.751. The topological polar surface area (TPSA) is 81.1 Å². The van der Waals surface area contributed by atoms with Crippen molar-refractivity contribution in [3.05, 3.63) is 29.8 Å². The maximum absolute atomic E-state index is 6.06. The third-order valence-corrected chi connectivity index (χ3v) is 5.35. The third kappa shape index (κ3) is 2.32. The lowest BCUT2D eigenvalue weighted by Gasteiger charge is -2.22. The zero-order valence-corrected chi connectivity index (χ0v) is 13.1. The van der Waals surface area contributed by atoms with Crippen molar-refractivity contribution in [1.82, 2.24) is 9.97 Å². The van der Waals surface area contributed by atoms with Gasteiger partial charge in [0.15, 0.2) is 0 Å². The van der Waals surface area contributed by atoms with Crippen molar-refractivity contribution in [2.45, 2.75) is 23.8 Å². The van der Waals surface area contributed by atoms with Gasteiger partial charge in [0, 0.05) is 40.9 Å². The van der Waals surface area contributed by atoms with Crippen LogP contribution in [0.5, 0.6) is 0 Å². The first kappa shape index (κ1) is 13.8. The minimum absolute atomic E-state index is 0.222. The Bertz CT molecular complexity index is 718. The number of nitrogens with zero attached hydrogens (tertiary/aromatic N) is 3. The average Bonchev–Trinajstić information content (AvgIpc) is 2.86. The lowest BCUT2D eigenvalue weighted by Crippen LogP contribution is -2.28. The summed E-state index contributed by atoms with van der Waals surface area (Å²) in [7, 11) is 0. The third-order valence-electron chi connectivity index (χ3n) is 4.28. The van der Waals surface area contributed by atoms with Gasteiger partial charge in [-0.3, -0.25) is 0 Å². The first-order valence-electron chi connectivity index (χ1n) is 7.61. The van der Waals surface area contributed by atoms with Crippen molar-refractivity contribution in [2.24, 2.45) is 5.73 Å². The maximum atomic E-state index is 6.06. The molecule has 0 radical (unpaired) electrons. The summed E-state index contributed by atoms with van der Waals surface area (Å²) in [6, 6.07) is 8.62. The van der Waals surface area contributed by atoms with Crippen LogP contribution in [-0.2, 0) is 6.42 Å². The zero-order chi connectivity index (χ0) is 15.1. The number of nitrogens with two attached hydrogens (primary N) is 2. The molecule has 0 amide bonds. The lowest BCUT2D eigenvalue weighted by atomic mass is 10.0. The molecule has 0 bridgehead atoms. The smallest absolute Gasteiger partial charge is 0.222 e. The fraction of sp³-hybridized carbons (Fsp3) is 0.375. The van der Waals surface area contributed by atoms with Crippen LogP contribution in [-0.4, -0.2) is 34.9 Å². The van der Waals surface area contributed by atoms with Gasteiger partial charge in [0.2, 0.25) is 5.95 Å². The normalized spacial score (nSPS) is 20.4. The molecular weight excluding hydrogens is 294 g/mol. The zero-order valence-electron chi connectivity index (χ0n) is 12.3. The van der Waals surface area contributed by atoms with Crippen LogP contribution in [0.4, 0.5) is 11.8 Å². The van der Waals surface area contributed by atoms with Gasteiger partial charge in [0.25, 0.3) is 0 Å². The summed E-state index contributed by atoms with van der Waals surface area (Å²) in [6.45, 7) is 1.79. The molecule has 1 saturated heterocycles. The molecule has 22 heavy (non-hydrogen) atoms. The molecule has 1 unspecified atom stereocenters. The van der Waals surface area contributed by atoms with Crippen LogP contribution in [0.25, 0.3) is 11.3 Å². The van der Waals surface area contributed by atoms with Crippen LogP contribution >= 0.6 is 11.8 Å². The average molecular weight is 313 g/mol. The number of hydrogen-bond donors (Lipinski definition) is 2. The largest absolute Gasteiger partial charge is 0.368 e. The summed E-state index contributed by atoms with van der Waals surface area (Å²) in [4.78, 5) is 12.6. The van der Waals surface area contributed by atoms with Gasteiger partial charge in [0.1, 0.15) is 5.82 Å². The summed E-state index contributed by atoms with van der Waals surface area (Å²) in [5, 5.41) is 0. The molecule has 5 nitrogen and oxygen atoms in total. The highest BCUT2D eigenvalue weighted by molar-refractivity contribution is 7.99. The summed E-state index contributed by atoms with van der Waals surface area (Å²) >= 11 is 1.87. The molecule has 2 aliphatic heterocycles. The number of thioether (sulfide) groups is 1. The van der Waals surface area contributed by atoms with Crippen molar-refractivity contribution in [1.29, 1.82) is 0 Å². The van der Waals surface area contributed by atoms with Crippen LogP contribution in [0.2, 0.25) is 0 Å². The van der Waals surface area contributed by atoms with E-state index in [1.165, 1.54) is 16.0 Å². The molecule has 1 fully saturated rings. The summed E-state index contributed by atoms with van der Waals surface area (Å²) in [6.07, 6.45) is 1.96. The summed E-state index contributed by atoms with van der Waals surface area (Å²) in [5.41, 5.74) is 15.4. The number of fused-ring (bicyclic) bond motifs is 3. The second-order valence-electron chi connectivity index (χ2n) is 5.82. The highest BCUT2D eigenvalue weighted by Gasteiger charge is 2.27. The Kier molecular flexibility index (Phi) is 3.43. The van der Waals surface area contributed by atoms with Gasteiger partial charge in [-0.25, -0.2) is 4.98 Å². The monoisotopic (exact) mass is 313 g/mol. The molecule has 0 aliphatic carbocycles. The highest BCUT2D eigenvalue weighted by Crippen LogP contribution is 2.40. The highest BCUT2D eigenvalue weighted by atomic mass is 32.2. The van der Waals surface area contributed by atoms with Gasteiger partial charge in [0.05, 0.1) is 5.69 Å². The molecule has 3 heterocycles. The fourth-order valence-corrected chi connectivity index (χ4v) is 4.26. The van der Waals surface area contributed by atoms with Crippen LogP contribution in [0.3, 0.4) is 0 Å². The van der Waals surface area contributed by atoms with E-state index in [1.807, 2.05) is 11.8 Å². The molecule has 1 aromatic carbocycles. The predicted molar refractivity (Wildman–Crippen MR) is 91.1 cm³/mol. The minimum Gasteiger partial charge on any atom is -0.368 e. The Labute approximate surface area is 134 Å². The van der Waals surface area contributed by atoms with Gasteiger partial charge in [-0.05, 0) is 18.9 Å². The Hall–Kier alpha value is -1.79. The van der Waals surface area contributed by atoms with E-state index in [4.69, 9.17) is 11.5 Å². The minimum atomic E-state index is 0.222. The van der Waals surface area contributed by atoms with Crippen LogP contribution in [0.1, 0.15) is 12.0 Å². The Balaban J connectivity index is 1.89. The second kappa shape index (κ2) is 5.44. The van der Waals surface area contributed by atoms with Crippen molar-refractivity contribution in [2.75, 3.05) is 29.5 Å². The van der Waals surface area contributed by atoms with Crippen LogP contribution in [0, 0.1) is 0 Å². The molecule has 4 rings (SSSR count). The molecule has 0 spiro atoms. The van der Waals surface area contributed by atoms with E-state index in [2.05, 4.69) is 39.1 Å². The van der Waals surface area contributed by atoms with Crippen LogP contribution in [0.15, 0.2) is 29.2 Å². The number of hydrogen-bond acceptors (Lipinski definition) is 6. The van der Waals surface area contributed by atoms with Gasteiger partial charge >= 0.3 is 0 Å². The Morgan fingerprint density at radius 2 is 2.09 bits per heavy atom. The maximum Gasteiger partial charge on any atom is 0.222 e. The molecular formula is C16H19N5S. The summed E-state index contributed by atoms with van der Waals surface area (Å²) < 4.78 is 0. The van der Waals surface area contributed by atoms with E-state index in [-0.39, 0.29) is 6.04 Å². The van der Waals surface area contributed by atoms with Gasteiger partial charge < -0.3 is 16.4 Å². The number of nitrogen functional groups attached to an aromatic ring is 1. The van der Waals surface area contributed by atoms with E-state index < -0.39 is 0 Å². The molecule has 114 valence electrons. The fourth-order valence-electron chi connectivity index (χ4n) is 3.23. The molecule has 6 heteroatoms. The standard InChI is InChI=1S/C16H19N5S/c17-10-5-7-21(9-10)15-12-6-8-22-13-4-2-1-3-11(13)14(12)19-16(18)20-15/h1-4,10H,5-9,17H2,(H2,18,19,20). The van der Waals surface area contributed by atoms with Gasteiger partial charge in [-0.2, -0.15) is 4.98 Å². The van der Waals surface area contributed by atoms with E-state index in [0.717, 1.165) is 43.2 Å². The number of anilines is 2. The number of aromatic nitrogens is 2. The molecule has 4 N–H and O–H groups in total. The number of benzene rings is 1. The molecule has 2 aliphatic rings. The quantitative estimate of drug-likeness (QED) is 0.837.